The summed E-state index contributed by atoms with van der Waals surface area (Å²) in [6.45, 7) is 0. The molecule has 0 aliphatic carbocycles. The zero-order valence-corrected chi connectivity index (χ0v) is 22.4. The summed E-state index contributed by atoms with van der Waals surface area (Å²) < 4.78 is 20.4. The van der Waals surface area contributed by atoms with Crippen molar-refractivity contribution < 1.29 is 47.4 Å². The van der Waals surface area contributed by atoms with Crippen molar-refractivity contribution in [1.29, 1.82) is 0 Å². The van der Waals surface area contributed by atoms with Gasteiger partial charge in [-0.3, -0.25) is 0 Å². The third-order valence-corrected chi connectivity index (χ3v) is 5.13. The summed E-state index contributed by atoms with van der Waals surface area (Å²) in [4.78, 5) is 23.0. The van der Waals surface area contributed by atoms with E-state index in [2.05, 4.69) is 0 Å². The first-order valence-electron chi connectivity index (χ1n) is 9.55. The summed E-state index contributed by atoms with van der Waals surface area (Å²) in [7, 11) is -4.37. The first-order chi connectivity index (χ1) is 15.7. The largest absolute Gasteiger partial charge is 2.00 e. The second-order valence-corrected chi connectivity index (χ2v) is 7.69. The van der Waals surface area contributed by atoms with Crippen LogP contribution in [0.25, 0.3) is 0 Å². The second-order valence-electron chi connectivity index (χ2n) is 6.06. The van der Waals surface area contributed by atoms with Crippen LogP contribution in [0.15, 0.2) is 121 Å². The summed E-state index contributed by atoms with van der Waals surface area (Å²) in [5.41, 5.74) is 0. The Labute approximate surface area is 208 Å². The van der Waals surface area contributed by atoms with E-state index in [0.717, 1.165) is 0 Å². The fourth-order valence-electron chi connectivity index (χ4n) is 2.31. The van der Waals surface area contributed by atoms with Crippen LogP contribution >= 0.6 is 17.2 Å². The summed E-state index contributed by atoms with van der Waals surface area (Å²) >= 11 is 0. The van der Waals surface area contributed by atoms with Crippen LogP contribution in [0.3, 0.4) is 0 Å². The monoisotopic (exact) mass is 530 g/mol. The van der Waals surface area contributed by atoms with Crippen molar-refractivity contribution in [2.24, 2.45) is 0 Å². The number of rotatable bonds is 8. The van der Waals surface area contributed by atoms with Crippen molar-refractivity contribution in [2.45, 2.75) is 0 Å². The Bertz CT molecular complexity index is 846. The van der Waals surface area contributed by atoms with E-state index in [4.69, 9.17) is 18.1 Å². The minimum Gasteiger partial charge on any atom is -0.765 e. The van der Waals surface area contributed by atoms with E-state index in [0.29, 0.717) is 23.0 Å². The van der Waals surface area contributed by atoms with E-state index in [1.54, 1.807) is 97.1 Å². The van der Waals surface area contributed by atoms with E-state index in [-0.39, 0.29) is 19.5 Å². The Balaban J connectivity index is 0.000000227. The summed E-state index contributed by atoms with van der Waals surface area (Å²) in [5, 5.41) is 0. The predicted molar refractivity (Wildman–Crippen MR) is 122 cm³/mol. The molecule has 0 aliphatic heterocycles. The summed E-state index contributed by atoms with van der Waals surface area (Å²) in [6.07, 6.45) is 0. The summed E-state index contributed by atoms with van der Waals surface area (Å²) in [6, 6.07) is 35.7. The van der Waals surface area contributed by atoms with Gasteiger partial charge >= 0.3 is 19.5 Å². The molecule has 0 amide bonds. The van der Waals surface area contributed by atoms with E-state index < -0.39 is 17.2 Å². The van der Waals surface area contributed by atoms with Crippen molar-refractivity contribution in [1.82, 2.24) is 0 Å². The molecule has 0 heterocycles. The van der Waals surface area contributed by atoms with Gasteiger partial charge in [0.05, 0.1) is 0 Å². The molecule has 0 radical (unpaired) electrons. The average Bonchev–Trinajstić information content (AvgIpc) is 2.82. The number of para-hydroxylation sites is 4. The third kappa shape index (κ3) is 10.8. The second kappa shape index (κ2) is 15.3. The maximum atomic E-state index is 11.5. The topological polar surface area (TPSA) is 83.0 Å². The molecule has 4 aromatic rings. The van der Waals surface area contributed by atoms with Crippen LogP contribution in [0.1, 0.15) is 0 Å². The number of hydrogen-bond donors (Lipinski definition) is 0. The standard InChI is InChI=1S/2C12H10O3P.Zn/c2*13-16(14-11-7-3-1-4-8-11)15-12-9-5-2-6-10-12;/h2*1-10H;/q2*-1;+2. The molecule has 0 saturated carbocycles. The third-order valence-electron chi connectivity index (χ3n) is 3.69. The van der Waals surface area contributed by atoms with Gasteiger partial charge in [-0.15, -0.1) is 0 Å². The van der Waals surface area contributed by atoms with Gasteiger partial charge in [0.2, 0.25) is 17.2 Å². The maximum Gasteiger partial charge on any atom is 2.00 e. The Morgan fingerprint density at radius 1 is 0.364 bits per heavy atom. The van der Waals surface area contributed by atoms with Crippen molar-refractivity contribution in [3.05, 3.63) is 121 Å². The van der Waals surface area contributed by atoms with Gasteiger partial charge in [-0.05, 0) is 48.5 Å². The normalized spacial score (nSPS) is 9.82. The van der Waals surface area contributed by atoms with E-state index in [1.165, 1.54) is 0 Å². The molecule has 33 heavy (non-hydrogen) atoms. The predicted octanol–water partition coefficient (Wildman–Crippen LogP) is 5.46. The van der Waals surface area contributed by atoms with Crippen LogP contribution in [-0.4, -0.2) is 0 Å². The minimum atomic E-state index is -2.18. The first kappa shape index (κ1) is 26.7. The van der Waals surface area contributed by atoms with Crippen LogP contribution in [0.5, 0.6) is 23.0 Å². The van der Waals surface area contributed by atoms with Crippen LogP contribution < -0.4 is 27.9 Å². The number of hydrogen-bond acceptors (Lipinski definition) is 6. The zero-order valence-electron chi connectivity index (χ0n) is 17.6. The molecule has 9 heteroatoms. The molecule has 0 saturated heterocycles. The van der Waals surface area contributed by atoms with Crippen molar-refractivity contribution in [2.75, 3.05) is 0 Å². The van der Waals surface area contributed by atoms with Gasteiger partial charge in [-0.25, -0.2) is 0 Å². The van der Waals surface area contributed by atoms with Gasteiger partial charge in [-0.2, -0.15) is 0 Å². The Morgan fingerprint density at radius 2 is 0.545 bits per heavy atom. The molecule has 0 N–H and O–H groups in total. The molecule has 0 atom stereocenters. The van der Waals surface area contributed by atoms with E-state index in [1.807, 2.05) is 24.3 Å². The number of benzene rings is 4. The van der Waals surface area contributed by atoms with Crippen LogP contribution in [-0.2, 0) is 19.5 Å². The maximum absolute atomic E-state index is 11.5. The molecular formula is C24H20O6P2Zn. The Kier molecular flexibility index (Phi) is 12.4. The van der Waals surface area contributed by atoms with Crippen molar-refractivity contribution >= 4 is 17.2 Å². The zero-order chi connectivity index (χ0) is 22.4. The molecule has 0 spiro atoms. The molecule has 0 aromatic heterocycles. The molecule has 0 unspecified atom stereocenters. The SMILES string of the molecule is [O-]P(Oc1ccccc1)Oc1ccccc1.[O-]P(Oc1ccccc1)Oc1ccccc1.[Zn+2]. The smallest absolute Gasteiger partial charge is 0.765 e. The van der Waals surface area contributed by atoms with Gasteiger partial charge in [0.15, 0.2) is 0 Å². The molecule has 4 rings (SSSR count). The summed E-state index contributed by atoms with van der Waals surface area (Å²) in [5.74, 6) is 2.11. The van der Waals surface area contributed by atoms with Gasteiger partial charge in [-0.1, -0.05) is 72.8 Å². The Hall–Kier alpha value is -2.52. The first-order valence-corrected chi connectivity index (χ1v) is 11.7. The fourth-order valence-corrected chi connectivity index (χ4v) is 3.56. The molecule has 0 fully saturated rings. The molecule has 0 aliphatic rings. The van der Waals surface area contributed by atoms with E-state index in [9.17, 15) is 9.79 Å². The fraction of sp³-hybridized carbons (Fsp3) is 0. The van der Waals surface area contributed by atoms with Crippen LogP contribution in [0.4, 0.5) is 0 Å². The quantitative estimate of drug-likeness (QED) is 0.222. The Morgan fingerprint density at radius 3 is 0.727 bits per heavy atom. The van der Waals surface area contributed by atoms with Gasteiger partial charge < -0.3 is 27.9 Å². The van der Waals surface area contributed by atoms with Gasteiger partial charge in [0, 0.05) is 0 Å². The molecule has 164 valence electrons. The van der Waals surface area contributed by atoms with Crippen LogP contribution in [0, 0.1) is 0 Å². The van der Waals surface area contributed by atoms with Crippen LogP contribution in [0.2, 0.25) is 0 Å². The molecule has 4 aromatic carbocycles. The van der Waals surface area contributed by atoms with Crippen molar-refractivity contribution in [3.63, 3.8) is 0 Å². The molecule has 6 nitrogen and oxygen atoms in total. The van der Waals surface area contributed by atoms with E-state index >= 15 is 0 Å². The van der Waals surface area contributed by atoms with Crippen molar-refractivity contribution in [3.8, 4) is 23.0 Å². The van der Waals surface area contributed by atoms with Gasteiger partial charge in [0.25, 0.3) is 0 Å². The average molecular weight is 532 g/mol. The minimum absolute atomic E-state index is 0. The van der Waals surface area contributed by atoms with Gasteiger partial charge in [0.1, 0.15) is 23.0 Å². The molecule has 0 bridgehead atoms. The molecular weight excluding hydrogens is 512 g/mol.